The molecule has 0 unspecified atom stereocenters. The highest BCUT2D eigenvalue weighted by Gasteiger charge is 2.16. The van der Waals surface area contributed by atoms with E-state index >= 15 is 0 Å². The molecule has 98 valence electrons. The van der Waals surface area contributed by atoms with Crippen molar-refractivity contribution in [3.63, 3.8) is 0 Å². The molecular formula is C13H18ClN3O. The van der Waals surface area contributed by atoms with Gasteiger partial charge in [0.25, 0.3) is 0 Å². The van der Waals surface area contributed by atoms with Crippen LogP contribution in [0.5, 0.6) is 0 Å². The van der Waals surface area contributed by atoms with Gasteiger partial charge in [-0.05, 0) is 19.2 Å². The zero-order chi connectivity index (χ0) is 13.0. The van der Waals surface area contributed by atoms with Gasteiger partial charge in [-0.1, -0.05) is 28.9 Å². The maximum absolute atomic E-state index is 9.15. The molecule has 1 fully saturated rings. The van der Waals surface area contributed by atoms with E-state index in [4.69, 9.17) is 16.8 Å². The zero-order valence-corrected chi connectivity index (χ0v) is 11.3. The first-order valence-electron chi connectivity index (χ1n) is 6.07. The molecule has 1 aliphatic heterocycles. The Labute approximate surface area is 112 Å². The van der Waals surface area contributed by atoms with E-state index < -0.39 is 0 Å². The number of halogens is 1. The molecule has 0 amide bonds. The first-order valence-corrected chi connectivity index (χ1v) is 6.44. The van der Waals surface area contributed by atoms with E-state index in [1.54, 1.807) is 0 Å². The number of hydrogen-bond acceptors (Lipinski definition) is 4. The van der Waals surface area contributed by atoms with E-state index in [9.17, 15) is 0 Å². The molecule has 1 N–H and O–H groups in total. The molecular weight excluding hydrogens is 250 g/mol. The number of likely N-dealkylation sites (N-methyl/N-ethyl adjacent to an activating group) is 1. The minimum absolute atomic E-state index is 0.673. The summed E-state index contributed by atoms with van der Waals surface area (Å²) in [5.74, 6) is 0. The summed E-state index contributed by atoms with van der Waals surface area (Å²) < 4.78 is 0. The lowest BCUT2D eigenvalue weighted by atomic mass is 10.1. The van der Waals surface area contributed by atoms with Gasteiger partial charge in [-0.3, -0.25) is 4.90 Å². The Morgan fingerprint density at radius 1 is 1.22 bits per heavy atom. The second kappa shape index (κ2) is 6.18. The average molecular weight is 268 g/mol. The monoisotopic (exact) mass is 267 g/mol. The van der Waals surface area contributed by atoms with Gasteiger partial charge in [0.05, 0.1) is 0 Å². The van der Waals surface area contributed by atoms with Crippen LogP contribution in [0.15, 0.2) is 29.4 Å². The summed E-state index contributed by atoms with van der Waals surface area (Å²) in [7, 11) is 2.12. The van der Waals surface area contributed by atoms with Gasteiger partial charge in [-0.2, -0.15) is 0 Å². The average Bonchev–Trinajstić information content (AvgIpc) is 2.39. The molecule has 1 aromatic rings. The van der Waals surface area contributed by atoms with Crippen LogP contribution >= 0.6 is 11.6 Å². The SMILES string of the molecule is CN1CCN(C/C(=N/O)c2ccc(Cl)cc2)CC1. The lowest BCUT2D eigenvalue weighted by Gasteiger charge is -2.32. The van der Waals surface area contributed by atoms with Gasteiger partial charge in [-0.15, -0.1) is 0 Å². The van der Waals surface area contributed by atoms with Crippen molar-refractivity contribution in [1.82, 2.24) is 9.80 Å². The summed E-state index contributed by atoms with van der Waals surface area (Å²) in [6, 6.07) is 7.39. The fourth-order valence-corrected chi connectivity index (χ4v) is 2.17. The Morgan fingerprint density at radius 2 is 1.83 bits per heavy atom. The van der Waals surface area contributed by atoms with Crippen LogP contribution in [0.2, 0.25) is 5.02 Å². The van der Waals surface area contributed by atoms with Crippen molar-refractivity contribution in [1.29, 1.82) is 0 Å². The Kier molecular flexibility index (Phi) is 4.58. The van der Waals surface area contributed by atoms with Crippen LogP contribution in [0.3, 0.4) is 0 Å². The van der Waals surface area contributed by atoms with E-state index in [-0.39, 0.29) is 0 Å². The van der Waals surface area contributed by atoms with E-state index in [1.807, 2.05) is 24.3 Å². The fraction of sp³-hybridized carbons (Fsp3) is 0.462. The highest BCUT2D eigenvalue weighted by molar-refractivity contribution is 6.30. The molecule has 1 saturated heterocycles. The molecule has 0 spiro atoms. The van der Waals surface area contributed by atoms with Gasteiger partial charge in [0, 0.05) is 43.3 Å². The summed E-state index contributed by atoms with van der Waals surface area (Å²) in [5.41, 5.74) is 1.61. The Bertz CT molecular complexity index is 411. The van der Waals surface area contributed by atoms with Crippen LogP contribution < -0.4 is 0 Å². The maximum atomic E-state index is 9.15. The van der Waals surface area contributed by atoms with Crippen LogP contribution in [-0.2, 0) is 0 Å². The smallest absolute Gasteiger partial charge is 0.101 e. The predicted molar refractivity (Wildman–Crippen MR) is 73.7 cm³/mol. The van der Waals surface area contributed by atoms with Gasteiger partial charge >= 0.3 is 0 Å². The standard InChI is InChI=1S/C13H18ClN3O/c1-16-6-8-17(9-7-16)10-13(15-18)11-2-4-12(14)5-3-11/h2-5,18H,6-10H2,1H3/b15-13-. The van der Waals surface area contributed by atoms with E-state index in [0.29, 0.717) is 17.3 Å². The highest BCUT2D eigenvalue weighted by atomic mass is 35.5. The van der Waals surface area contributed by atoms with Crippen LogP contribution in [0, 0.1) is 0 Å². The Morgan fingerprint density at radius 3 is 2.39 bits per heavy atom. The molecule has 5 heteroatoms. The Hall–Kier alpha value is -1.10. The van der Waals surface area contributed by atoms with Gasteiger partial charge in [0.2, 0.25) is 0 Å². The first-order chi connectivity index (χ1) is 8.69. The third-order valence-electron chi connectivity index (χ3n) is 3.27. The van der Waals surface area contributed by atoms with Crippen LogP contribution in [0.25, 0.3) is 0 Å². The summed E-state index contributed by atoms with van der Waals surface area (Å²) >= 11 is 5.85. The van der Waals surface area contributed by atoms with Crippen LogP contribution in [0.1, 0.15) is 5.56 Å². The molecule has 0 aliphatic carbocycles. The van der Waals surface area contributed by atoms with Gasteiger partial charge in [0.1, 0.15) is 5.71 Å². The summed E-state index contributed by atoms with van der Waals surface area (Å²) in [6.07, 6.45) is 0. The van der Waals surface area contributed by atoms with Gasteiger partial charge in [-0.25, -0.2) is 0 Å². The van der Waals surface area contributed by atoms with Crippen molar-refractivity contribution in [2.75, 3.05) is 39.8 Å². The minimum Gasteiger partial charge on any atom is -0.411 e. The zero-order valence-electron chi connectivity index (χ0n) is 10.5. The van der Waals surface area contributed by atoms with Crippen molar-refractivity contribution in [2.45, 2.75) is 0 Å². The summed E-state index contributed by atoms with van der Waals surface area (Å²) in [6.45, 7) is 4.79. The number of hydrogen-bond donors (Lipinski definition) is 1. The van der Waals surface area contributed by atoms with Crippen molar-refractivity contribution in [2.24, 2.45) is 5.16 Å². The topological polar surface area (TPSA) is 39.1 Å². The lowest BCUT2D eigenvalue weighted by molar-refractivity contribution is 0.169. The number of oxime groups is 1. The number of benzene rings is 1. The number of rotatable bonds is 3. The largest absolute Gasteiger partial charge is 0.411 e. The molecule has 0 atom stereocenters. The van der Waals surface area contributed by atoms with Crippen molar-refractivity contribution < 1.29 is 5.21 Å². The molecule has 1 heterocycles. The summed E-state index contributed by atoms with van der Waals surface area (Å²) in [4.78, 5) is 4.60. The quantitative estimate of drug-likeness (QED) is 0.515. The molecule has 1 aromatic carbocycles. The second-order valence-electron chi connectivity index (χ2n) is 4.63. The second-order valence-corrected chi connectivity index (χ2v) is 5.07. The normalized spacial score (nSPS) is 19.1. The van der Waals surface area contributed by atoms with E-state index in [2.05, 4.69) is 22.0 Å². The highest BCUT2D eigenvalue weighted by Crippen LogP contribution is 2.11. The van der Waals surface area contributed by atoms with Gasteiger partial charge < -0.3 is 10.1 Å². The minimum atomic E-state index is 0.673. The molecule has 4 nitrogen and oxygen atoms in total. The molecule has 0 bridgehead atoms. The fourth-order valence-electron chi connectivity index (χ4n) is 2.04. The number of nitrogens with zero attached hydrogens (tertiary/aromatic N) is 3. The first kappa shape index (κ1) is 13.3. The van der Waals surface area contributed by atoms with Crippen LogP contribution in [-0.4, -0.2) is 60.5 Å². The van der Waals surface area contributed by atoms with E-state index in [0.717, 1.165) is 31.7 Å². The summed E-state index contributed by atoms with van der Waals surface area (Å²) in [5, 5.41) is 13.3. The Balaban J connectivity index is 2.00. The van der Waals surface area contributed by atoms with Crippen molar-refractivity contribution in [3.8, 4) is 0 Å². The third-order valence-corrected chi connectivity index (χ3v) is 3.52. The van der Waals surface area contributed by atoms with Crippen molar-refractivity contribution >= 4 is 17.3 Å². The molecule has 1 aliphatic rings. The van der Waals surface area contributed by atoms with Crippen molar-refractivity contribution in [3.05, 3.63) is 34.9 Å². The van der Waals surface area contributed by atoms with Crippen LogP contribution in [0.4, 0.5) is 0 Å². The lowest BCUT2D eigenvalue weighted by Crippen LogP contribution is -2.46. The molecule has 2 rings (SSSR count). The predicted octanol–water partition coefficient (Wildman–Crippen LogP) is 1.77. The molecule has 0 aromatic heterocycles. The van der Waals surface area contributed by atoms with Gasteiger partial charge in [0.15, 0.2) is 0 Å². The molecule has 0 radical (unpaired) electrons. The molecule has 18 heavy (non-hydrogen) atoms. The molecule has 0 saturated carbocycles. The van der Waals surface area contributed by atoms with E-state index in [1.165, 1.54) is 0 Å². The maximum Gasteiger partial charge on any atom is 0.101 e. The number of piperazine rings is 1. The third kappa shape index (κ3) is 3.45.